The van der Waals surface area contributed by atoms with Gasteiger partial charge in [-0.25, -0.2) is 4.79 Å². The Morgan fingerprint density at radius 1 is 1.05 bits per heavy atom. The minimum absolute atomic E-state index is 0.0125. The van der Waals surface area contributed by atoms with Gasteiger partial charge in [-0.2, -0.15) is 0 Å². The van der Waals surface area contributed by atoms with Crippen molar-refractivity contribution >= 4 is 6.09 Å². The summed E-state index contributed by atoms with van der Waals surface area (Å²) in [6.45, 7) is 0.421. The van der Waals surface area contributed by atoms with Gasteiger partial charge >= 0.3 is 6.09 Å². The molecule has 2 aliphatic rings. The van der Waals surface area contributed by atoms with E-state index in [-0.39, 0.29) is 12.1 Å². The fraction of sp³-hybridized carbons (Fsp3) is 0.188. The van der Waals surface area contributed by atoms with Gasteiger partial charge in [0.2, 0.25) is 0 Å². The molecule has 1 amide bonds. The molecule has 19 heavy (non-hydrogen) atoms. The van der Waals surface area contributed by atoms with Crippen LogP contribution in [-0.2, 0) is 11.2 Å². The molecule has 1 heterocycles. The average Bonchev–Trinajstić information content (AvgIpc) is 3.01. The van der Waals surface area contributed by atoms with Crippen molar-refractivity contribution in [3.63, 3.8) is 0 Å². The summed E-state index contributed by atoms with van der Waals surface area (Å²) in [6, 6.07) is 14.9. The molecule has 0 aromatic heterocycles. The summed E-state index contributed by atoms with van der Waals surface area (Å²) in [6.07, 6.45) is 0.648. The molecule has 3 heteroatoms. The quantitative estimate of drug-likeness (QED) is 0.722. The highest BCUT2D eigenvalue weighted by Crippen LogP contribution is 2.37. The zero-order valence-corrected chi connectivity index (χ0v) is 10.3. The topological polar surface area (TPSA) is 38.3 Å². The average molecular weight is 251 g/mol. The van der Waals surface area contributed by atoms with E-state index in [1.807, 2.05) is 0 Å². The van der Waals surface area contributed by atoms with Crippen molar-refractivity contribution in [2.24, 2.45) is 0 Å². The van der Waals surface area contributed by atoms with E-state index in [1.54, 1.807) is 0 Å². The molecule has 1 aliphatic heterocycles. The van der Waals surface area contributed by atoms with Crippen molar-refractivity contribution < 1.29 is 9.53 Å². The Bertz CT molecular complexity index is 678. The molecule has 1 atom stereocenters. The molecule has 3 nitrogen and oxygen atoms in total. The van der Waals surface area contributed by atoms with Crippen LogP contribution in [0.25, 0.3) is 11.1 Å². The third-order valence-electron chi connectivity index (χ3n) is 3.89. The highest BCUT2D eigenvalue weighted by atomic mass is 16.6. The number of carbonyl (C=O) groups is 1. The predicted octanol–water partition coefficient (Wildman–Crippen LogP) is 3.04. The fourth-order valence-corrected chi connectivity index (χ4v) is 2.95. The highest BCUT2D eigenvalue weighted by Gasteiger charge is 2.25. The molecule has 4 rings (SSSR count). The first-order valence-electron chi connectivity index (χ1n) is 6.46. The van der Waals surface area contributed by atoms with Crippen LogP contribution < -0.4 is 5.32 Å². The summed E-state index contributed by atoms with van der Waals surface area (Å²) in [5.41, 5.74) is 6.47. The molecule has 0 unspecified atom stereocenters. The van der Waals surface area contributed by atoms with Gasteiger partial charge < -0.3 is 10.1 Å². The van der Waals surface area contributed by atoms with Gasteiger partial charge in [0.1, 0.15) is 6.61 Å². The zero-order valence-electron chi connectivity index (χ0n) is 10.3. The van der Waals surface area contributed by atoms with Gasteiger partial charge in [-0.05, 0) is 34.2 Å². The van der Waals surface area contributed by atoms with Crippen molar-refractivity contribution in [2.45, 2.75) is 12.5 Å². The van der Waals surface area contributed by atoms with Crippen LogP contribution in [-0.4, -0.2) is 12.7 Å². The number of benzene rings is 2. The fourth-order valence-electron chi connectivity index (χ4n) is 2.95. The Morgan fingerprint density at radius 3 is 2.74 bits per heavy atom. The Kier molecular flexibility index (Phi) is 2.15. The van der Waals surface area contributed by atoms with E-state index in [4.69, 9.17) is 4.74 Å². The van der Waals surface area contributed by atoms with Gasteiger partial charge in [0.25, 0.3) is 0 Å². The minimum atomic E-state index is -0.325. The number of cyclic esters (lactones) is 1. The first-order chi connectivity index (χ1) is 9.31. The van der Waals surface area contributed by atoms with Gasteiger partial charge in [0.15, 0.2) is 0 Å². The molecule has 1 aliphatic carbocycles. The summed E-state index contributed by atoms with van der Waals surface area (Å²) in [5.74, 6) is 0. The smallest absolute Gasteiger partial charge is 0.407 e. The van der Waals surface area contributed by atoms with Gasteiger partial charge in [0.05, 0.1) is 6.04 Å². The number of alkyl carbamates (subject to hydrolysis) is 1. The lowest BCUT2D eigenvalue weighted by atomic mass is 10.0. The van der Waals surface area contributed by atoms with Crippen molar-refractivity contribution in [2.75, 3.05) is 6.61 Å². The van der Waals surface area contributed by atoms with E-state index in [1.165, 1.54) is 22.3 Å². The molecule has 1 saturated heterocycles. The number of nitrogens with one attached hydrogen (secondary N) is 1. The van der Waals surface area contributed by atoms with Gasteiger partial charge in [-0.15, -0.1) is 0 Å². The SMILES string of the molecule is O=C1N[C@H](c2ccc3c(c2)Cc2ccccc2-3)CO1. The predicted molar refractivity (Wildman–Crippen MR) is 71.9 cm³/mol. The molecule has 2 aromatic carbocycles. The van der Waals surface area contributed by atoms with Crippen LogP contribution in [0.4, 0.5) is 4.79 Å². The van der Waals surface area contributed by atoms with Crippen LogP contribution in [0.5, 0.6) is 0 Å². The maximum Gasteiger partial charge on any atom is 0.407 e. The summed E-state index contributed by atoms with van der Waals surface area (Å²) in [4.78, 5) is 11.1. The van der Waals surface area contributed by atoms with Crippen molar-refractivity contribution in [1.29, 1.82) is 0 Å². The number of rotatable bonds is 1. The van der Waals surface area contributed by atoms with Gasteiger partial charge in [-0.1, -0.05) is 42.5 Å². The third-order valence-corrected chi connectivity index (χ3v) is 3.89. The van der Waals surface area contributed by atoms with E-state index < -0.39 is 0 Å². The largest absolute Gasteiger partial charge is 0.447 e. The summed E-state index contributed by atoms with van der Waals surface area (Å²) < 4.78 is 4.95. The molecule has 1 N–H and O–H groups in total. The van der Waals surface area contributed by atoms with Crippen molar-refractivity contribution in [1.82, 2.24) is 5.32 Å². The second kappa shape index (κ2) is 3.85. The number of hydrogen-bond acceptors (Lipinski definition) is 2. The Morgan fingerprint density at radius 2 is 1.89 bits per heavy atom. The monoisotopic (exact) mass is 251 g/mol. The van der Waals surface area contributed by atoms with E-state index >= 15 is 0 Å². The third kappa shape index (κ3) is 1.62. The standard InChI is InChI=1S/C16H13NO2/c18-16-17-15(9-19-16)11-5-6-14-12(8-11)7-10-3-1-2-4-13(10)14/h1-6,8,15H,7,9H2,(H,17,18)/t15-/m0/s1. The lowest BCUT2D eigenvalue weighted by Gasteiger charge is -2.09. The van der Waals surface area contributed by atoms with E-state index in [2.05, 4.69) is 47.8 Å². The van der Waals surface area contributed by atoms with E-state index in [0.29, 0.717) is 6.61 Å². The van der Waals surface area contributed by atoms with Crippen LogP contribution in [0, 0.1) is 0 Å². The minimum Gasteiger partial charge on any atom is -0.447 e. The molecular formula is C16H13NO2. The number of carbonyl (C=O) groups excluding carboxylic acids is 1. The normalized spacial score (nSPS) is 19.6. The Labute approximate surface area is 111 Å². The molecule has 0 bridgehead atoms. The van der Waals surface area contributed by atoms with Crippen molar-refractivity contribution in [3.8, 4) is 11.1 Å². The highest BCUT2D eigenvalue weighted by molar-refractivity contribution is 5.77. The van der Waals surface area contributed by atoms with Crippen LogP contribution in [0.3, 0.4) is 0 Å². The maximum absolute atomic E-state index is 11.1. The summed E-state index contributed by atoms with van der Waals surface area (Å²) >= 11 is 0. The number of amides is 1. The Hall–Kier alpha value is -2.29. The second-order valence-electron chi connectivity index (χ2n) is 5.05. The summed E-state index contributed by atoms with van der Waals surface area (Å²) in [7, 11) is 0. The zero-order chi connectivity index (χ0) is 12.8. The van der Waals surface area contributed by atoms with Crippen LogP contribution in [0.2, 0.25) is 0 Å². The van der Waals surface area contributed by atoms with E-state index in [0.717, 1.165) is 12.0 Å². The molecule has 2 aromatic rings. The Balaban J connectivity index is 1.73. The first kappa shape index (κ1) is 10.6. The maximum atomic E-state index is 11.1. The second-order valence-corrected chi connectivity index (χ2v) is 5.05. The van der Waals surface area contributed by atoms with Crippen LogP contribution in [0.15, 0.2) is 42.5 Å². The first-order valence-corrected chi connectivity index (χ1v) is 6.46. The molecular weight excluding hydrogens is 238 g/mol. The molecule has 0 radical (unpaired) electrons. The number of ether oxygens (including phenoxy) is 1. The molecule has 1 fully saturated rings. The summed E-state index contributed by atoms with van der Waals surface area (Å²) in [5, 5.41) is 2.82. The molecule has 0 saturated carbocycles. The lowest BCUT2D eigenvalue weighted by Crippen LogP contribution is -2.18. The van der Waals surface area contributed by atoms with Crippen LogP contribution >= 0.6 is 0 Å². The molecule has 94 valence electrons. The number of fused-ring (bicyclic) bond motifs is 3. The van der Waals surface area contributed by atoms with Gasteiger partial charge in [0, 0.05) is 0 Å². The lowest BCUT2D eigenvalue weighted by molar-refractivity contribution is 0.177. The van der Waals surface area contributed by atoms with Gasteiger partial charge in [-0.3, -0.25) is 0 Å². The molecule has 0 spiro atoms. The van der Waals surface area contributed by atoms with Crippen molar-refractivity contribution in [3.05, 3.63) is 59.2 Å². The van der Waals surface area contributed by atoms with E-state index in [9.17, 15) is 4.79 Å². The van der Waals surface area contributed by atoms with Crippen LogP contribution in [0.1, 0.15) is 22.7 Å². The number of hydrogen-bond donors (Lipinski definition) is 1.